The van der Waals surface area contributed by atoms with Crippen LogP contribution >= 0.6 is 11.8 Å². The van der Waals surface area contributed by atoms with Crippen molar-refractivity contribution in [3.8, 4) is 11.1 Å². The van der Waals surface area contributed by atoms with E-state index in [2.05, 4.69) is 76.5 Å². The van der Waals surface area contributed by atoms with E-state index in [0.717, 1.165) is 41.0 Å². The summed E-state index contributed by atoms with van der Waals surface area (Å²) in [6, 6.07) is 17.7. The number of hydrogen-bond donors (Lipinski definition) is 13. The maximum absolute atomic E-state index is 14.2. The average Bonchev–Trinajstić information content (AvgIpc) is 1.37. The summed E-state index contributed by atoms with van der Waals surface area (Å²) in [7, 11) is 19.4. The number of carbonyl (C=O) groups is 8. The van der Waals surface area contributed by atoms with Crippen LogP contribution in [0.5, 0.6) is 0 Å². The molecule has 0 bridgehead atoms. The minimum Gasteiger partial charge on any atom is -0.497 e. The van der Waals surface area contributed by atoms with Crippen LogP contribution in [0.1, 0.15) is 114 Å². The molecule has 7 amide bonds. The lowest BCUT2D eigenvalue weighted by atomic mass is 9.94. The number of amides is 7. The van der Waals surface area contributed by atoms with Crippen LogP contribution in [0.4, 0.5) is 45.9 Å². The van der Waals surface area contributed by atoms with E-state index < -0.39 is 76.3 Å². The largest absolute Gasteiger partial charge is 0.497 e. The van der Waals surface area contributed by atoms with Gasteiger partial charge in [-0.1, -0.05) is 6.07 Å². The predicted molar refractivity (Wildman–Crippen MR) is 475 cm³/mol. The molecule has 11 rings (SSSR count). The van der Waals surface area contributed by atoms with Gasteiger partial charge in [-0.3, -0.25) is 43.5 Å². The fourth-order valence-electron chi connectivity index (χ4n) is 13.2. The lowest BCUT2D eigenvalue weighted by Gasteiger charge is -2.19. The molecule has 3 aromatic carbocycles. The highest BCUT2D eigenvalue weighted by molar-refractivity contribution is 8.00. The number of benzene rings is 3. The number of nitrogens with zero attached hydrogens (tertiary/aromatic N) is 20. The number of aryl methyl sites for hydroxylation is 6. The molecule has 1 saturated heterocycles. The second-order valence-corrected chi connectivity index (χ2v) is 31.1. The van der Waals surface area contributed by atoms with Crippen LogP contribution in [0, 0.1) is 0 Å². The molecule has 0 saturated carbocycles. The van der Waals surface area contributed by atoms with Gasteiger partial charge < -0.3 is 110 Å². The van der Waals surface area contributed by atoms with Crippen molar-refractivity contribution in [3.63, 3.8) is 0 Å². The number of carboxylic acid groups (broad SMARTS) is 1. The first-order chi connectivity index (χ1) is 59.6. The van der Waals surface area contributed by atoms with E-state index in [-0.39, 0.29) is 165 Å². The molecule has 0 spiro atoms. The zero-order valence-corrected chi connectivity index (χ0v) is 71.4. The van der Waals surface area contributed by atoms with Crippen molar-refractivity contribution in [1.82, 2.24) is 68.2 Å². The number of imide groups is 1. The molecule has 1 fully saturated rings. The Labute approximate surface area is 720 Å². The number of aliphatic imine (C=N–C) groups is 6. The van der Waals surface area contributed by atoms with Gasteiger partial charge >= 0.3 is 17.1 Å². The second-order valence-electron chi connectivity index (χ2n) is 29.9. The van der Waals surface area contributed by atoms with Crippen LogP contribution in [0.3, 0.4) is 0 Å². The first kappa shape index (κ1) is 91.1. The quantitative estimate of drug-likeness (QED) is 0.00441. The third-order valence-electron chi connectivity index (χ3n) is 19.6. The Kier molecular flexibility index (Phi) is 29.8. The summed E-state index contributed by atoms with van der Waals surface area (Å²) in [6.45, 7) is 1.03. The molecule has 14 N–H and O–H groups in total. The standard InChI is InChI=1S/C82H98N26O16S/c1-99(2)31-12-24-84-64(109)20-26-87-75(115)56-35-47(40-103(56)8)91-79(119)72-97-62(43-105(72)10)95-67(112)23-29-90-78(118)71-96-61(42-104(71)9)93-65(110)21-27-88-76(116)57-36-48(92-80(120)73-98-63(44-106(73)11)94-66(111)22-28-89-77(117)70-85-30-33-102(70)7)41-107(57)32-13-25-86-74(114)54(83)45-125-60-39-68(113)108(81(60)121)55-19-14-46(34-53(55)82(122)123)69-51-17-15-49(100(3)4)37-58(51)124-59-38-50(101(5)6)16-18-52(59)69/h14-19,30,33-38,40-44,54,60H,12-13,20-29,31-32,39,45,83H2,1-11H3,(H11-,84,86,87,88,89,90,91,92,93,94,95,109,110,111,112,114,115,116,117,118,119,120,122,123)/p+1/t54-,60?/m0/s1. The number of aliphatic hydroxyl groups excluding tert-OH is 6. The molecule has 0 aliphatic carbocycles. The van der Waals surface area contributed by atoms with Gasteiger partial charge in [0.1, 0.15) is 11.4 Å². The number of aliphatic hydroxyl groups is 6. The predicted octanol–water partition coefficient (Wildman–Crippen LogP) is 7.51. The number of carbonyl (C=O) groups excluding carboxylic acids is 7. The summed E-state index contributed by atoms with van der Waals surface area (Å²) in [5, 5.41) is 88.9. The zero-order valence-electron chi connectivity index (χ0n) is 70.6. The molecule has 1 aliphatic heterocycles. The van der Waals surface area contributed by atoms with Gasteiger partial charge in [0.05, 0.1) is 82.0 Å². The summed E-state index contributed by atoms with van der Waals surface area (Å²) in [5.74, 6) is -8.40. The molecule has 43 heteroatoms. The van der Waals surface area contributed by atoms with Gasteiger partial charge in [0.25, 0.3) is 29.5 Å². The van der Waals surface area contributed by atoms with Crippen molar-refractivity contribution in [3.05, 3.63) is 150 Å². The fraction of sp³-hybridized carbons (Fsp3) is 0.354. The van der Waals surface area contributed by atoms with Crippen molar-refractivity contribution in [2.75, 3.05) is 119 Å². The third-order valence-corrected chi connectivity index (χ3v) is 20.9. The Morgan fingerprint density at radius 1 is 0.560 bits per heavy atom. The normalized spacial score (nSPS) is 14.0. The Balaban J connectivity index is 0.692. The second kappa shape index (κ2) is 40.8. The highest BCUT2D eigenvalue weighted by atomic mass is 32.2. The van der Waals surface area contributed by atoms with Crippen LogP contribution < -0.4 is 47.0 Å². The number of aromatic nitrogens is 10. The number of fused-ring (bicyclic) bond motifs is 2. The number of hydrogen-bond acceptors (Lipinski definition) is 23. The number of thioether (sulfide) groups is 1. The summed E-state index contributed by atoms with van der Waals surface area (Å²) in [5.41, 5.74) is 10.8. The van der Waals surface area contributed by atoms with E-state index in [0.29, 0.717) is 51.0 Å². The molecular formula is C82H99N26O16S+. The summed E-state index contributed by atoms with van der Waals surface area (Å²) < 4.78 is 15.2. The molecule has 658 valence electrons. The van der Waals surface area contributed by atoms with Crippen molar-refractivity contribution < 1.29 is 78.5 Å². The minimum absolute atomic E-state index is 0.00250. The van der Waals surface area contributed by atoms with E-state index in [1.54, 1.807) is 44.2 Å². The minimum atomic E-state index is -1.38. The van der Waals surface area contributed by atoms with E-state index in [1.807, 2.05) is 93.4 Å². The van der Waals surface area contributed by atoms with Crippen LogP contribution in [-0.4, -0.2) is 276 Å². The van der Waals surface area contributed by atoms with Crippen LogP contribution in [0.2, 0.25) is 0 Å². The fourth-order valence-corrected chi connectivity index (χ4v) is 14.3. The van der Waals surface area contributed by atoms with E-state index in [4.69, 9.17) is 10.2 Å². The van der Waals surface area contributed by atoms with Crippen molar-refractivity contribution in [1.29, 1.82) is 0 Å². The average molecular weight is 1740 g/mol. The SMILES string of the molecule is CN(C)CCCN=C(O)CCN=C(O)c1cc(NC(=O)c2nc(N=C(O)CCNC(=O)c3nc(N=C(O)CCNC(=O)c4cc(NC(=O)c5nc(N=C(O)CCNC(=O)c6nccn6C)cn5C)cn4CCCN=C(O)[C@@H](N)CSC4CC(=O)N(c5ccc(-c6c7ccc(N(C)C)cc7[o+]c7cc(N(C)C)ccc67)cc5C(=O)O)C4=O)cn3C)cn2C)cn1C. The van der Waals surface area contributed by atoms with Gasteiger partial charge in [-0.25, -0.2) is 39.0 Å². The first-order valence-corrected chi connectivity index (χ1v) is 40.5. The molecule has 8 heterocycles. The molecule has 7 aromatic heterocycles. The topological polar surface area (TPSA) is 544 Å². The van der Waals surface area contributed by atoms with E-state index in [1.165, 1.54) is 92.2 Å². The maximum Gasteiger partial charge on any atom is 0.363 e. The first-order valence-electron chi connectivity index (χ1n) is 39.4. The molecule has 2 atom stereocenters. The lowest BCUT2D eigenvalue weighted by molar-refractivity contribution is -0.121. The van der Waals surface area contributed by atoms with Gasteiger partial charge in [-0.15, -0.1) is 11.8 Å². The molecule has 10 aromatic rings. The summed E-state index contributed by atoms with van der Waals surface area (Å²) in [4.78, 5) is 157. The van der Waals surface area contributed by atoms with Crippen molar-refractivity contribution in [2.24, 2.45) is 70.9 Å². The highest BCUT2D eigenvalue weighted by Gasteiger charge is 2.42. The summed E-state index contributed by atoms with van der Waals surface area (Å²) >= 11 is 0.993. The number of carboxylic acids is 1. The number of rotatable bonds is 40. The highest BCUT2D eigenvalue weighted by Crippen LogP contribution is 2.42. The van der Waals surface area contributed by atoms with Crippen LogP contribution in [0.15, 0.2) is 144 Å². The number of nitrogens with one attached hydrogen (secondary N) is 5. The van der Waals surface area contributed by atoms with Crippen LogP contribution in [0.25, 0.3) is 33.1 Å². The van der Waals surface area contributed by atoms with Gasteiger partial charge in [0.2, 0.25) is 35.2 Å². The van der Waals surface area contributed by atoms with Gasteiger partial charge in [0.15, 0.2) is 52.8 Å². The molecule has 1 unspecified atom stereocenters. The van der Waals surface area contributed by atoms with E-state index >= 15 is 0 Å². The Morgan fingerprint density at radius 3 is 1.61 bits per heavy atom. The van der Waals surface area contributed by atoms with Crippen molar-refractivity contribution >= 4 is 162 Å². The third kappa shape index (κ3) is 23.2. The van der Waals surface area contributed by atoms with Gasteiger partial charge in [-0.05, 0) is 87.6 Å². The van der Waals surface area contributed by atoms with E-state index in [9.17, 15) is 74.1 Å². The number of anilines is 5. The number of imidazole rings is 4. The zero-order chi connectivity index (χ0) is 90.2. The molecule has 125 heavy (non-hydrogen) atoms. The number of nitrogens with two attached hydrogens (primary N) is 1. The monoisotopic (exact) mass is 1740 g/mol. The maximum atomic E-state index is 14.2. The Hall–Kier alpha value is -14.6. The molecule has 42 nitrogen and oxygen atoms in total. The number of aromatic carboxylic acids is 1. The van der Waals surface area contributed by atoms with Crippen LogP contribution in [-0.2, 0) is 51.4 Å². The van der Waals surface area contributed by atoms with Gasteiger partial charge in [0, 0.05) is 182 Å². The Morgan fingerprint density at radius 2 is 1.08 bits per heavy atom. The molecular weight excluding hydrogens is 1640 g/mol. The molecule has 0 radical (unpaired) electrons. The summed E-state index contributed by atoms with van der Waals surface area (Å²) in [6.07, 6.45) is 10.6. The van der Waals surface area contributed by atoms with Crippen molar-refractivity contribution in [2.45, 2.75) is 62.8 Å². The Bertz CT molecular complexity index is 5870. The van der Waals surface area contributed by atoms with Gasteiger partial charge in [-0.2, -0.15) is 15.0 Å². The smallest absolute Gasteiger partial charge is 0.363 e. The lowest BCUT2D eigenvalue weighted by Crippen LogP contribution is -2.35. The molecule has 1 aliphatic rings.